The summed E-state index contributed by atoms with van der Waals surface area (Å²) in [5, 5.41) is 8.52. The molecular weight excluding hydrogens is 293 g/mol. The van der Waals surface area contributed by atoms with Crippen LogP contribution in [-0.4, -0.2) is 6.26 Å². The fraction of sp³-hybridized carbons (Fsp3) is 0.300. The Labute approximate surface area is 96.7 Å². The fourth-order valence-electron chi connectivity index (χ4n) is 1.15. The lowest BCUT2D eigenvalue weighted by Crippen LogP contribution is -1.91. The number of hydrogen-bond donors (Lipinski definition) is 0. The quantitative estimate of drug-likeness (QED) is 0.630. The lowest BCUT2D eigenvalue weighted by molar-refractivity contribution is 0.970. The lowest BCUT2D eigenvalue weighted by Gasteiger charge is -2.07. The van der Waals surface area contributed by atoms with Crippen LogP contribution >= 0.6 is 34.4 Å². The Kier molecular flexibility index (Phi) is 4.60. The number of nitriles is 1. The van der Waals surface area contributed by atoms with Crippen LogP contribution in [0.3, 0.4) is 0 Å². The lowest BCUT2D eigenvalue weighted by atomic mass is 10.1. The number of rotatable bonds is 3. The highest BCUT2D eigenvalue weighted by Crippen LogP contribution is 2.25. The molecule has 1 aromatic rings. The molecular formula is C10H10INS. The van der Waals surface area contributed by atoms with Crippen LogP contribution in [0, 0.1) is 14.9 Å². The molecule has 1 nitrogen and oxygen atoms in total. The van der Waals surface area contributed by atoms with Gasteiger partial charge in [0.2, 0.25) is 0 Å². The van der Waals surface area contributed by atoms with E-state index in [2.05, 4.69) is 53.1 Å². The highest BCUT2D eigenvalue weighted by Gasteiger charge is 2.04. The van der Waals surface area contributed by atoms with E-state index in [1.165, 1.54) is 14.0 Å². The number of benzene rings is 1. The van der Waals surface area contributed by atoms with Crippen molar-refractivity contribution in [3.8, 4) is 6.07 Å². The van der Waals surface area contributed by atoms with Gasteiger partial charge in [-0.2, -0.15) is 5.26 Å². The molecule has 1 rings (SSSR count). The Balaban J connectivity index is 2.95. The second-order valence-electron chi connectivity index (χ2n) is 2.58. The second kappa shape index (κ2) is 5.51. The van der Waals surface area contributed by atoms with Crippen LogP contribution in [-0.2, 0) is 6.42 Å². The van der Waals surface area contributed by atoms with E-state index in [0.717, 1.165) is 6.42 Å². The third-order valence-corrected chi connectivity index (χ3v) is 3.62. The summed E-state index contributed by atoms with van der Waals surface area (Å²) >= 11 is 4.07. The van der Waals surface area contributed by atoms with Crippen molar-refractivity contribution in [2.75, 3.05) is 6.26 Å². The molecule has 0 bridgehead atoms. The molecule has 13 heavy (non-hydrogen) atoms. The molecule has 0 radical (unpaired) electrons. The van der Waals surface area contributed by atoms with Crippen LogP contribution in [0.1, 0.15) is 12.0 Å². The Bertz CT molecular complexity index is 330. The average Bonchev–Trinajstić information content (AvgIpc) is 2.15. The first-order valence-electron chi connectivity index (χ1n) is 3.98. The normalized spacial score (nSPS) is 9.62. The first-order valence-corrected chi connectivity index (χ1v) is 6.28. The Morgan fingerprint density at radius 3 is 2.92 bits per heavy atom. The van der Waals surface area contributed by atoms with Crippen molar-refractivity contribution in [2.24, 2.45) is 0 Å². The summed E-state index contributed by atoms with van der Waals surface area (Å²) in [6, 6.07) is 8.44. The Hall–Kier alpha value is -0.210. The maximum Gasteiger partial charge on any atom is 0.0625 e. The van der Waals surface area contributed by atoms with Gasteiger partial charge in [0, 0.05) is 14.9 Å². The molecule has 0 aliphatic carbocycles. The van der Waals surface area contributed by atoms with Gasteiger partial charge in [-0.3, -0.25) is 0 Å². The summed E-state index contributed by atoms with van der Waals surface area (Å²) in [6.45, 7) is 0. The van der Waals surface area contributed by atoms with Crippen LogP contribution in [0.4, 0.5) is 0 Å². The van der Waals surface area contributed by atoms with Gasteiger partial charge in [-0.1, -0.05) is 6.07 Å². The summed E-state index contributed by atoms with van der Waals surface area (Å²) in [5.74, 6) is 0. The zero-order chi connectivity index (χ0) is 9.68. The van der Waals surface area contributed by atoms with Gasteiger partial charge in [-0.15, -0.1) is 11.8 Å². The molecule has 0 heterocycles. The zero-order valence-corrected chi connectivity index (χ0v) is 10.4. The maximum absolute atomic E-state index is 8.52. The Morgan fingerprint density at radius 2 is 2.31 bits per heavy atom. The van der Waals surface area contributed by atoms with Crippen LogP contribution in [0.2, 0.25) is 0 Å². The van der Waals surface area contributed by atoms with E-state index >= 15 is 0 Å². The van der Waals surface area contributed by atoms with Gasteiger partial charge >= 0.3 is 0 Å². The van der Waals surface area contributed by atoms with E-state index in [1.807, 2.05) is 0 Å². The van der Waals surface area contributed by atoms with Crippen molar-refractivity contribution in [3.63, 3.8) is 0 Å². The zero-order valence-electron chi connectivity index (χ0n) is 7.38. The SMILES string of the molecule is CSc1cccc(I)c1CCC#N. The predicted octanol–water partition coefficient (Wildman–Crippen LogP) is 3.47. The number of nitrogens with zero attached hydrogens (tertiary/aromatic N) is 1. The van der Waals surface area contributed by atoms with E-state index in [0.29, 0.717) is 6.42 Å². The van der Waals surface area contributed by atoms with E-state index in [9.17, 15) is 0 Å². The minimum Gasteiger partial charge on any atom is -0.198 e. The molecule has 0 fully saturated rings. The van der Waals surface area contributed by atoms with Crippen LogP contribution < -0.4 is 0 Å². The topological polar surface area (TPSA) is 23.8 Å². The summed E-state index contributed by atoms with van der Waals surface area (Å²) in [7, 11) is 0. The van der Waals surface area contributed by atoms with Crippen molar-refractivity contribution < 1.29 is 0 Å². The molecule has 0 spiro atoms. The molecule has 0 unspecified atom stereocenters. The summed E-state index contributed by atoms with van der Waals surface area (Å²) < 4.78 is 1.26. The van der Waals surface area contributed by atoms with Crippen molar-refractivity contribution in [2.45, 2.75) is 17.7 Å². The van der Waals surface area contributed by atoms with E-state index < -0.39 is 0 Å². The van der Waals surface area contributed by atoms with Gasteiger partial charge in [0.1, 0.15) is 0 Å². The monoisotopic (exact) mass is 303 g/mol. The van der Waals surface area contributed by atoms with E-state index in [1.54, 1.807) is 11.8 Å². The molecule has 0 aliphatic heterocycles. The first kappa shape index (κ1) is 10.9. The van der Waals surface area contributed by atoms with Gasteiger partial charge in [0.25, 0.3) is 0 Å². The molecule has 0 aromatic heterocycles. The van der Waals surface area contributed by atoms with Crippen molar-refractivity contribution >= 4 is 34.4 Å². The largest absolute Gasteiger partial charge is 0.198 e. The average molecular weight is 303 g/mol. The van der Waals surface area contributed by atoms with Crippen LogP contribution in [0.15, 0.2) is 23.1 Å². The fourth-order valence-corrected chi connectivity index (χ4v) is 2.78. The molecule has 0 atom stereocenters. The minimum absolute atomic E-state index is 0.605. The van der Waals surface area contributed by atoms with Crippen molar-refractivity contribution in [1.82, 2.24) is 0 Å². The third kappa shape index (κ3) is 2.89. The van der Waals surface area contributed by atoms with E-state index in [-0.39, 0.29) is 0 Å². The predicted molar refractivity (Wildman–Crippen MR) is 64.9 cm³/mol. The van der Waals surface area contributed by atoms with Gasteiger partial charge < -0.3 is 0 Å². The standard InChI is InChI=1S/C10H10INS/c1-13-10-6-2-5-9(11)8(10)4-3-7-12/h2,5-6H,3-4H2,1H3. The molecule has 0 saturated carbocycles. The van der Waals surface area contributed by atoms with Crippen molar-refractivity contribution in [3.05, 3.63) is 27.3 Å². The molecule has 68 valence electrons. The van der Waals surface area contributed by atoms with E-state index in [4.69, 9.17) is 5.26 Å². The molecule has 1 aromatic carbocycles. The van der Waals surface area contributed by atoms with Gasteiger partial charge in [0.15, 0.2) is 0 Å². The number of hydrogen-bond acceptors (Lipinski definition) is 2. The first-order chi connectivity index (χ1) is 6.29. The number of thioether (sulfide) groups is 1. The summed E-state index contributed by atoms with van der Waals surface area (Å²) in [4.78, 5) is 1.29. The minimum atomic E-state index is 0.605. The smallest absolute Gasteiger partial charge is 0.0625 e. The molecule has 0 amide bonds. The molecule has 3 heteroatoms. The molecule has 0 aliphatic rings. The summed E-state index contributed by atoms with van der Waals surface area (Å²) in [5.41, 5.74) is 1.32. The van der Waals surface area contributed by atoms with Crippen LogP contribution in [0.5, 0.6) is 0 Å². The van der Waals surface area contributed by atoms with Crippen LogP contribution in [0.25, 0.3) is 0 Å². The van der Waals surface area contributed by atoms with Gasteiger partial charge in [-0.05, 0) is 53.0 Å². The molecule has 0 saturated heterocycles. The number of halogens is 1. The summed E-state index contributed by atoms with van der Waals surface area (Å²) in [6.07, 6.45) is 3.54. The van der Waals surface area contributed by atoms with Gasteiger partial charge in [-0.25, -0.2) is 0 Å². The Morgan fingerprint density at radius 1 is 1.54 bits per heavy atom. The van der Waals surface area contributed by atoms with Gasteiger partial charge in [0.05, 0.1) is 6.07 Å². The maximum atomic E-state index is 8.52. The second-order valence-corrected chi connectivity index (χ2v) is 4.59. The highest BCUT2D eigenvalue weighted by molar-refractivity contribution is 14.1. The van der Waals surface area contributed by atoms with Crippen molar-refractivity contribution in [1.29, 1.82) is 5.26 Å². The third-order valence-electron chi connectivity index (χ3n) is 1.78. The highest BCUT2D eigenvalue weighted by atomic mass is 127. The molecule has 0 N–H and O–H groups in total.